The Labute approximate surface area is 192 Å². The topological polar surface area (TPSA) is 74.5 Å². The predicted molar refractivity (Wildman–Crippen MR) is 131 cm³/mol. The molecule has 7 heteroatoms. The van der Waals surface area contributed by atoms with E-state index in [4.69, 9.17) is 4.52 Å². The standard InChI is InChI=1S/C22H35N5O.HI/c1-7-23-21(24-14-19-13-20(16(2)3)27-28-19)25-15-22(5,6)26-17(4)18-11-9-8-10-12-18;/h8-13,16-17,26H,7,14-15H2,1-6H3,(H2,23,24,25);1H. The Balaban J connectivity index is 0.00000420. The molecule has 2 aromatic rings. The van der Waals surface area contributed by atoms with E-state index in [0.717, 1.165) is 30.5 Å². The van der Waals surface area contributed by atoms with Gasteiger partial charge in [-0.2, -0.15) is 0 Å². The van der Waals surface area contributed by atoms with Crippen LogP contribution >= 0.6 is 24.0 Å². The molecule has 0 amide bonds. The highest BCUT2D eigenvalue weighted by Crippen LogP contribution is 2.16. The van der Waals surface area contributed by atoms with Gasteiger partial charge in [-0.3, -0.25) is 0 Å². The Kier molecular flexibility index (Phi) is 10.7. The van der Waals surface area contributed by atoms with Crippen molar-refractivity contribution in [1.29, 1.82) is 0 Å². The van der Waals surface area contributed by atoms with Gasteiger partial charge in [0.05, 0.1) is 5.69 Å². The number of aromatic nitrogens is 1. The van der Waals surface area contributed by atoms with Crippen LogP contribution in [0.4, 0.5) is 0 Å². The van der Waals surface area contributed by atoms with Crippen LogP contribution in [0.3, 0.4) is 0 Å². The summed E-state index contributed by atoms with van der Waals surface area (Å²) in [6.45, 7) is 14.8. The van der Waals surface area contributed by atoms with Crippen molar-refractivity contribution in [1.82, 2.24) is 21.1 Å². The molecule has 1 atom stereocenters. The first-order valence-electron chi connectivity index (χ1n) is 10.1. The van der Waals surface area contributed by atoms with E-state index in [2.05, 4.69) is 91.9 Å². The maximum absolute atomic E-state index is 5.38. The average molecular weight is 513 g/mol. The van der Waals surface area contributed by atoms with E-state index in [0.29, 0.717) is 12.5 Å². The molecule has 162 valence electrons. The summed E-state index contributed by atoms with van der Waals surface area (Å²) in [5.74, 6) is 1.90. The lowest BCUT2D eigenvalue weighted by Crippen LogP contribution is -2.52. The zero-order valence-electron chi connectivity index (χ0n) is 18.5. The number of benzene rings is 1. The molecule has 0 bridgehead atoms. The third-order valence-electron chi connectivity index (χ3n) is 4.51. The smallest absolute Gasteiger partial charge is 0.191 e. The molecule has 0 aliphatic rings. The molecule has 3 N–H and O–H groups in total. The average Bonchev–Trinajstić information content (AvgIpc) is 3.14. The minimum atomic E-state index is -0.109. The fraction of sp³-hybridized carbons (Fsp3) is 0.545. The molecule has 1 heterocycles. The van der Waals surface area contributed by atoms with Gasteiger partial charge in [0.1, 0.15) is 6.54 Å². The van der Waals surface area contributed by atoms with Gasteiger partial charge in [-0.05, 0) is 39.2 Å². The number of rotatable bonds is 9. The van der Waals surface area contributed by atoms with Crippen molar-refractivity contribution >= 4 is 29.9 Å². The van der Waals surface area contributed by atoms with Gasteiger partial charge in [0.15, 0.2) is 11.7 Å². The molecular formula is C22H36IN5O. The zero-order valence-corrected chi connectivity index (χ0v) is 20.8. The Morgan fingerprint density at radius 3 is 2.41 bits per heavy atom. The molecule has 1 unspecified atom stereocenters. The lowest BCUT2D eigenvalue weighted by atomic mass is 10.0. The van der Waals surface area contributed by atoms with Gasteiger partial charge in [-0.25, -0.2) is 4.99 Å². The number of nitrogens with zero attached hydrogens (tertiary/aromatic N) is 2. The summed E-state index contributed by atoms with van der Waals surface area (Å²) >= 11 is 0. The van der Waals surface area contributed by atoms with Gasteiger partial charge in [-0.15, -0.1) is 24.0 Å². The highest BCUT2D eigenvalue weighted by Gasteiger charge is 2.21. The van der Waals surface area contributed by atoms with Crippen LogP contribution in [0.5, 0.6) is 0 Å². The van der Waals surface area contributed by atoms with Crippen molar-refractivity contribution in [2.45, 2.75) is 65.6 Å². The van der Waals surface area contributed by atoms with Gasteiger partial charge in [0.2, 0.25) is 0 Å². The SMILES string of the molecule is CCNC(=NCc1cc(C(C)C)no1)NCC(C)(C)NC(C)c1ccccc1.I. The molecule has 0 spiro atoms. The van der Waals surface area contributed by atoms with Crippen LogP contribution in [0.25, 0.3) is 0 Å². The maximum atomic E-state index is 5.38. The van der Waals surface area contributed by atoms with Crippen molar-refractivity contribution in [3.05, 3.63) is 53.4 Å². The molecule has 0 radical (unpaired) electrons. The van der Waals surface area contributed by atoms with Crippen LogP contribution in [0.15, 0.2) is 45.9 Å². The summed E-state index contributed by atoms with van der Waals surface area (Å²) in [6.07, 6.45) is 0. The number of aliphatic imine (C=N–C) groups is 1. The predicted octanol–water partition coefficient (Wildman–Crippen LogP) is 4.60. The van der Waals surface area contributed by atoms with E-state index in [1.54, 1.807) is 0 Å². The molecule has 0 aliphatic heterocycles. The highest BCUT2D eigenvalue weighted by atomic mass is 127. The number of hydrogen-bond acceptors (Lipinski definition) is 4. The maximum Gasteiger partial charge on any atom is 0.191 e. The second-order valence-electron chi connectivity index (χ2n) is 8.08. The number of nitrogens with one attached hydrogen (secondary N) is 3. The van der Waals surface area contributed by atoms with Gasteiger partial charge in [0, 0.05) is 30.7 Å². The van der Waals surface area contributed by atoms with Gasteiger partial charge < -0.3 is 20.5 Å². The van der Waals surface area contributed by atoms with Crippen LogP contribution in [-0.2, 0) is 6.54 Å². The first-order chi connectivity index (χ1) is 13.3. The zero-order chi connectivity index (χ0) is 20.6. The molecule has 1 aromatic carbocycles. The van der Waals surface area contributed by atoms with E-state index in [1.807, 2.05) is 12.1 Å². The van der Waals surface area contributed by atoms with Gasteiger partial charge >= 0.3 is 0 Å². The van der Waals surface area contributed by atoms with Crippen molar-refractivity contribution < 1.29 is 4.52 Å². The van der Waals surface area contributed by atoms with E-state index < -0.39 is 0 Å². The van der Waals surface area contributed by atoms with Crippen molar-refractivity contribution in [3.63, 3.8) is 0 Å². The Hall–Kier alpha value is -1.61. The van der Waals surface area contributed by atoms with Gasteiger partial charge in [-0.1, -0.05) is 49.3 Å². The van der Waals surface area contributed by atoms with E-state index in [1.165, 1.54) is 5.56 Å². The lowest BCUT2D eigenvalue weighted by molar-refractivity contribution is 0.344. The fourth-order valence-corrected chi connectivity index (χ4v) is 2.94. The van der Waals surface area contributed by atoms with Crippen molar-refractivity contribution in [3.8, 4) is 0 Å². The molecular weight excluding hydrogens is 477 g/mol. The first kappa shape index (κ1) is 25.4. The quantitative estimate of drug-likeness (QED) is 0.260. The molecule has 2 rings (SSSR count). The molecule has 0 saturated heterocycles. The fourth-order valence-electron chi connectivity index (χ4n) is 2.94. The van der Waals surface area contributed by atoms with Gasteiger partial charge in [0.25, 0.3) is 0 Å². The van der Waals surface area contributed by atoms with Crippen molar-refractivity contribution in [2.24, 2.45) is 4.99 Å². The molecule has 29 heavy (non-hydrogen) atoms. The summed E-state index contributed by atoms with van der Waals surface area (Å²) < 4.78 is 5.38. The molecule has 0 saturated carbocycles. The molecule has 1 aromatic heterocycles. The summed E-state index contributed by atoms with van der Waals surface area (Å²) in [5.41, 5.74) is 2.13. The Bertz CT molecular complexity index is 743. The van der Waals surface area contributed by atoms with Crippen LogP contribution in [-0.4, -0.2) is 29.7 Å². The van der Waals surface area contributed by atoms with E-state index >= 15 is 0 Å². The second-order valence-corrected chi connectivity index (χ2v) is 8.08. The lowest BCUT2D eigenvalue weighted by Gasteiger charge is -2.31. The van der Waals surface area contributed by atoms with E-state index in [9.17, 15) is 0 Å². The Morgan fingerprint density at radius 2 is 1.83 bits per heavy atom. The second kappa shape index (κ2) is 12.2. The molecule has 6 nitrogen and oxygen atoms in total. The normalized spacial score (nSPS) is 13.1. The molecule has 0 fully saturated rings. The summed E-state index contributed by atoms with van der Waals surface area (Å²) in [6, 6.07) is 12.7. The summed E-state index contributed by atoms with van der Waals surface area (Å²) in [5, 5.41) is 14.5. The van der Waals surface area contributed by atoms with Crippen LogP contribution in [0, 0.1) is 0 Å². The van der Waals surface area contributed by atoms with Crippen molar-refractivity contribution in [2.75, 3.05) is 13.1 Å². The third-order valence-corrected chi connectivity index (χ3v) is 4.51. The number of halogens is 1. The van der Waals surface area contributed by atoms with Crippen LogP contribution < -0.4 is 16.0 Å². The first-order valence-corrected chi connectivity index (χ1v) is 10.1. The van der Waals surface area contributed by atoms with E-state index in [-0.39, 0.29) is 35.6 Å². The number of guanidine groups is 1. The molecule has 0 aliphatic carbocycles. The highest BCUT2D eigenvalue weighted by molar-refractivity contribution is 14.0. The minimum Gasteiger partial charge on any atom is -0.359 e. The Morgan fingerprint density at radius 1 is 1.14 bits per heavy atom. The number of hydrogen-bond donors (Lipinski definition) is 3. The van der Waals surface area contributed by atoms with Crippen LogP contribution in [0.2, 0.25) is 0 Å². The monoisotopic (exact) mass is 513 g/mol. The largest absolute Gasteiger partial charge is 0.359 e. The summed E-state index contributed by atoms with van der Waals surface area (Å²) in [7, 11) is 0. The third kappa shape index (κ3) is 8.74. The van der Waals surface area contributed by atoms with Crippen LogP contribution in [0.1, 0.15) is 70.5 Å². The summed E-state index contributed by atoms with van der Waals surface area (Å²) in [4.78, 5) is 4.63. The minimum absolute atomic E-state index is 0.